The third-order valence-electron chi connectivity index (χ3n) is 3.75. The van der Waals surface area contributed by atoms with Crippen LogP contribution in [0.15, 0.2) is 48.5 Å². The number of benzene rings is 2. The van der Waals surface area contributed by atoms with Crippen LogP contribution in [0.1, 0.15) is 15.9 Å². The largest absolute Gasteiger partial charge is 0.485 e. The molecule has 2 aromatic rings. The summed E-state index contributed by atoms with van der Waals surface area (Å²) < 4.78 is 18.5. The Balaban J connectivity index is 1.54. The predicted molar refractivity (Wildman–Crippen MR) is 92.3 cm³/mol. The van der Waals surface area contributed by atoms with Gasteiger partial charge in [0.15, 0.2) is 12.4 Å². The number of aliphatic hydroxyl groups is 1. The van der Waals surface area contributed by atoms with Gasteiger partial charge in [0.25, 0.3) is 5.24 Å². The molecule has 5 nitrogen and oxygen atoms in total. The molecule has 1 heterocycles. The van der Waals surface area contributed by atoms with Crippen LogP contribution in [0.2, 0.25) is 0 Å². The zero-order valence-electron chi connectivity index (χ0n) is 13.1. The van der Waals surface area contributed by atoms with Gasteiger partial charge in [-0.15, -0.1) is 0 Å². The van der Waals surface area contributed by atoms with Crippen molar-refractivity contribution in [2.45, 2.75) is 17.9 Å². The predicted octanol–water partition coefficient (Wildman–Crippen LogP) is 2.77. The van der Waals surface area contributed by atoms with Crippen LogP contribution < -0.4 is 10.1 Å². The maximum atomic E-state index is 13.1. The van der Waals surface area contributed by atoms with E-state index < -0.39 is 12.0 Å². The number of thioether (sulfide) groups is 1. The minimum atomic E-state index is -0.850. The second kappa shape index (κ2) is 7.67. The van der Waals surface area contributed by atoms with E-state index in [0.717, 1.165) is 17.3 Å². The number of halogens is 1. The van der Waals surface area contributed by atoms with E-state index in [2.05, 4.69) is 5.32 Å². The van der Waals surface area contributed by atoms with Crippen LogP contribution in [0.25, 0.3) is 0 Å². The number of aliphatic hydroxyl groups excluding tert-OH is 1. The Labute approximate surface area is 148 Å². The Bertz CT molecular complexity index is 781. The maximum Gasteiger partial charge on any atom is 0.281 e. The van der Waals surface area contributed by atoms with Crippen LogP contribution in [0.3, 0.4) is 0 Å². The Morgan fingerprint density at radius 2 is 2.00 bits per heavy atom. The van der Waals surface area contributed by atoms with E-state index in [1.54, 1.807) is 12.1 Å². The molecule has 0 radical (unpaired) electrons. The fourth-order valence-corrected chi connectivity index (χ4v) is 3.39. The number of carbonyl (C=O) groups excluding carboxylic acids is 2. The Hall–Kier alpha value is -2.38. The van der Waals surface area contributed by atoms with Gasteiger partial charge in [0.2, 0.25) is 0 Å². The van der Waals surface area contributed by atoms with Gasteiger partial charge in [-0.2, -0.15) is 0 Å². The van der Waals surface area contributed by atoms with Gasteiger partial charge in [0, 0.05) is 5.56 Å². The highest BCUT2D eigenvalue weighted by molar-refractivity contribution is 8.14. The quantitative estimate of drug-likeness (QED) is 0.774. The average molecular weight is 361 g/mol. The lowest BCUT2D eigenvalue weighted by molar-refractivity contribution is 0.0921. The SMILES string of the molecule is O=C1NC(O)C(Cc2ccc(OCC(=O)c3cccc(F)c3)cc2)S1. The summed E-state index contributed by atoms with van der Waals surface area (Å²) in [7, 11) is 0. The van der Waals surface area contributed by atoms with E-state index >= 15 is 0 Å². The highest BCUT2D eigenvalue weighted by atomic mass is 32.2. The van der Waals surface area contributed by atoms with Crippen LogP contribution >= 0.6 is 11.8 Å². The van der Waals surface area contributed by atoms with Gasteiger partial charge < -0.3 is 15.2 Å². The molecular weight excluding hydrogens is 345 g/mol. The lowest BCUT2D eigenvalue weighted by Gasteiger charge is -2.12. The smallest absolute Gasteiger partial charge is 0.281 e. The average Bonchev–Trinajstić information content (AvgIpc) is 2.91. The number of hydrogen-bond donors (Lipinski definition) is 2. The van der Waals surface area contributed by atoms with Gasteiger partial charge >= 0.3 is 0 Å². The Morgan fingerprint density at radius 3 is 2.64 bits per heavy atom. The molecule has 2 aromatic carbocycles. The maximum absolute atomic E-state index is 13.1. The fraction of sp³-hybridized carbons (Fsp3) is 0.222. The van der Waals surface area contributed by atoms with E-state index in [0.29, 0.717) is 12.2 Å². The van der Waals surface area contributed by atoms with Gasteiger partial charge in [0.1, 0.15) is 17.8 Å². The second-order valence-electron chi connectivity index (χ2n) is 5.60. The van der Waals surface area contributed by atoms with Crippen molar-refractivity contribution in [1.82, 2.24) is 5.32 Å². The molecular formula is C18H16FNO4S. The van der Waals surface area contributed by atoms with Crippen molar-refractivity contribution in [2.24, 2.45) is 0 Å². The fourth-order valence-electron chi connectivity index (χ4n) is 2.45. The molecule has 2 N–H and O–H groups in total. The first-order valence-electron chi connectivity index (χ1n) is 7.67. The van der Waals surface area contributed by atoms with Crippen molar-refractivity contribution in [2.75, 3.05) is 6.61 Å². The van der Waals surface area contributed by atoms with Gasteiger partial charge in [0.05, 0.1) is 5.25 Å². The highest BCUT2D eigenvalue weighted by Crippen LogP contribution is 2.26. The first-order valence-corrected chi connectivity index (χ1v) is 8.55. The number of carbonyl (C=O) groups is 2. The Morgan fingerprint density at radius 1 is 1.24 bits per heavy atom. The van der Waals surface area contributed by atoms with Gasteiger partial charge in [-0.3, -0.25) is 9.59 Å². The molecule has 2 atom stereocenters. The number of hydrogen-bond acceptors (Lipinski definition) is 5. The van der Waals surface area contributed by atoms with Crippen LogP contribution in [0, 0.1) is 5.82 Å². The van der Waals surface area contributed by atoms with Crippen molar-refractivity contribution >= 4 is 22.8 Å². The Kier molecular flexibility index (Phi) is 5.35. The molecule has 1 saturated heterocycles. The molecule has 0 spiro atoms. The summed E-state index contributed by atoms with van der Waals surface area (Å²) >= 11 is 1.08. The molecule has 1 aliphatic heterocycles. The summed E-state index contributed by atoms with van der Waals surface area (Å²) in [6.07, 6.45) is -0.315. The number of nitrogens with one attached hydrogen (secondary N) is 1. The van der Waals surface area contributed by atoms with Gasteiger partial charge in [-0.1, -0.05) is 36.0 Å². The molecule has 2 unspecified atom stereocenters. The zero-order valence-corrected chi connectivity index (χ0v) is 14.0. The van der Waals surface area contributed by atoms with E-state index in [9.17, 15) is 19.1 Å². The zero-order chi connectivity index (χ0) is 17.8. The molecule has 0 aliphatic carbocycles. The van der Waals surface area contributed by atoms with Crippen molar-refractivity contribution < 1.29 is 23.8 Å². The van der Waals surface area contributed by atoms with Crippen LogP contribution in [0.4, 0.5) is 9.18 Å². The van der Waals surface area contributed by atoms with E-state index in [1.807, 2.05) is 12.1 Å². The minimum absolute atomic E-state index is 0.182. The molecule has 1 amide bonds. The summed E-state index contributed by atoms with van der Waals surface area (Å²) in [5.41, 5.74) is 1.21. The molecule has 3 rings (SSSR count). The van der Waals surface area contributed by atoms with Crippen molar-refractivity contribution in [3.63, 3.8) is 0 Å². The molecule has 7 heteroatoms. The van der Waals surface area contributed by atoms with Crippen molar-refractivity contribution in [1.29, 1.82) is 0 Å². The van der Waals surface area contributed by atoms with E-state index in [4.69, 9.17) is 4.74 Å². The first-order chi connectivity index (χ1) is 12.0. The molecule has 130 valence electrons. The molecule has 0 bridgehead atoms. The lowest BCUT2D eigenvalue weighted by Crippen LogP contribution is -2.31. The lowest BCUT2D eigenvalue weighted by atomic mass is 10.1. The van der Waals surface area contributed by atoms with E-state index in [-0.39, 0.29) is 28.4 Å². The normalized spacial score (nSPS) is 19.5. The highest BCUT2D eigenvalue weighted by Gasteiger charge is 2.31. The number of Topliss-reactive ketones (excluding diaryl/α,β-unsaturated/α-hetero) is 1. The van der Waals surface area contributed by atoms with Gasteiger partial charge in [-0.05, 0) is 36.2 Å². The van der Waals surface area contributed by atoms with Crippen molar-refractivity contribution in [3.05, 3.63) is 65.5 Å². The van der Waals surface area contributed by atoms with Crippen LogP contribution in [0.5, 0.6) is 5.75 Å². The standard InChI is InChI=1S/C18H16FNO4S/c19-13-3-1-2-12(9-13)15(21)10-24-14-6-4-11(5-7-14)8-16-17(22)20-18(23)25-16/h1-7,9,16-17,22H,8,10H2,(H,20,23). The third kappa shape index (κ3) is 4.58. The second-order valence-corrected chi connectivity index (χ2v) is 6.82. The third-order valence-corrected chi connectivity index (χ3v) is 4.81. The van der Waals surface area contributed by atoms with Crippen LogP contribution in [-0.4, -0.2) is 34.2 Å². The molecule has 1 fully saturated rings. The molecule has 25 heavy (non-hydrogen) atoms. The number of ketones is 1. The van der Waals surface area contributed by atoms with E-state index in [1.165, 1.54) is 24.3 Å². The molecule has 1 aliphatic rings. The number of rotatable bonds is 6. The summed E-state index contributed by atoms with van der Waals surface area (Å²) in [6, 6.07) is 12.5. The first kappa shape index (κ1) is 17.4. The number of amides is 1. The van der Waals surface area contributed by atoms with Gasteiger partial charge in [-0.25, -0.2) is 4.39 Å². The summed E-state index contributed by atoms with van der Waals surface area (Å²) in [5, 5.41) is 11.7. The summed E-state index contributed by atoms with van der Waals surface area (Å²) in [5.74, 6) is -0.254. The monoisotopic (exact) mass is 361 g/mol. The van der Waals surface area contributed by atoms with Crippen LogP contribution in [-0.2, 0) is 6.42 Å². The summed E-state index contributed by atoms with van der Waals surface area (Å²) in [4.78, 5) is 23.2. The molecule has 0 aromatic heterocycles. The minimum Gasteiger partial charge on any atom is -0.485 e. The number of ether oxygens (including phenoxy) is 1. The summed E-state index contributed by atoms with van der Waals surface area (Å²) in [6.45, 7) is -0.182. The molecule has 0 saturated carbocycles. The topological polar surface area (TPSA) is 75.6 Å². The van der Waals surface area contributed by atoms with Crippen molar-refractivity contribution in [3.8, 4) is 5.75 Å².